The highest BCUT2D eigenvalue weighted by atomic mass is 32.2. The first-order valence-electron chi connectivity index (χ1n) is 15.3. The molecular weight excluding hydrogens is 610 g/mol. The summed E-state index contributed by atoms with van der Waals surface area (Å²) in [5.74, 6) is 3.09. The molecule has 2 saturated carbocycles. The van der Waals surface area contributed by atoms with Gasteiger partial charge >= 0.3 is 0 Å². The van der Waals surface area contributed by atoms with Crippen LogP contribution in [0.15, 0.2) is 71.7 Å². The van der Waals surface area contributed by atoms with E-state index in [4.69, 9.17) is 4.74 Å². The van der Waals surface area contributed by atoms with Crippen LogP contribution in [0.1, 0.15) is 60.8 Å². The SMILES string of the molecule is C=S(=O)(c1ccn(C)n1)N(C1CC(C)(OC)C1)[C@H]1CCC2=Cc3c(cnn3-c3ccc(F)cc3)C[C@]2(C(=O)c2cc(F)ccn2)C1. The lowest BCUT2D eigenvalue weighted by molar-refractivity contribution is -0.0969. The number of ether oxygens (including phenoxy) is 1. The van der Waals surface area contributed by atoms with Crippen molar-refractivity contribution in [1.29, 1.82) is 0 Å². The summed E-state index contributed by atoms with van der Waals surface area (Å²) >= 11 is 0. The Morgan fingerprint density at radius 3 is 2.54 bits per heavy atom. The molecule has 0 bridgehead atoms. The van der Waals surface area contributed by atoms with Gasteiger partial charge in [0.05, 0.1) is 38.3 Å². The maximum Gasteiger partial charge on any atom is 0.191 e. The smallest absolute Gasteiger partial charge is 0.191 e. The largest absolute Gasteiger partial charge is 0.378 e. The Balaban J connectivity index is 1.33. The number of aromatic nitrogens is 5. The van der Waals surface area contributed by atoms with Crippen LogP contribution in [0.2, 0.25) is 0 Å². The third kappa shape index (κ3) is 5.03. The van der Waals surface area contributed by atoms with Gasteiger partial charge in [-0.2, -0.15) is 10.2 Å². The van der Waals surface area contributed by atoms with Crippen molar-refractivity contribution in [1.82, 2.24) is 28.9 Å². The highest BCUT2D eigenvalue weighted by molar-refractivity contribution is 7.98. The summed E-state index contributed by atoms with van der Waals surface area (Å²) in [5.41, 5.74) is 1.85. The normalized spacial score (nSPS) is 26.9. The third-order valence-corrected chi connectivity index (χ3v) is 12.1. The summed E-state index contributed by atoms with van der Waals surface area (Å²) in [7, 11) is 0.396. The Morgan fingerprint density at radius 2 is 1.87 bits per heavy atom. The van der Waals surface area contributed by atoms with Gasteiger partial charge in [-0.15, -0.1) is 0 Å². The highest BCUT2D eigenvalue weighted by Crippen LogP contribution is 2.53. The summed E-state index contributed by atoms with van der Waals surface area (Å²) in [6.07, 6.45) is 9.89. The van der Waals surface area contributed by atoms with E-state index < -0.39 is 20.9 Å². The number of methoxy groups -OCH3 is 1. The van der Waals surface area contributed by atoms with Gasteiger partial charge in [-0.25, -0.2) is 22.0 Å². The molecule has 7 rings (SSSR count). The predicted octanol–water partition coefficient (Wildman–Crippen LogP) is 5.20. The van der Waals surface area contributed by atoms with E-state index in [1.165, 1.54) is 30.5 Å². The molecule has 3 atom stereocenters. The number of aryl methyl sites for hydroxylation is 1. The summed E-state index contributed by atoms with van der Waals surface area (Å²) in [6.45, 7) is 2.04. The van der Waals surface area contributed by atoms with Crippen molar-refractivity contribution >= 4 is 27.4 Å². The molecule has 0 amide bonds. The van der Waals surface area contributed by atoms with Crippen molar-refractivity contribution in [2.24, 2.45) is 12.5 Å². The number of allylic oxidation sites excluding steroid dienone is 1. The number of hydrogen-bond acceptors (Lipinski definition) is 6. The Morgan fingerprint density at radius 1 is 1.11 bits per heavy atom. The number of rotatable bonds is 8. The standard InChI is InChI=1S/C34H36F2N6O3S/c1-33(45-3)18-28(19-33)42(46(4,44)31-12-14-40(2)39-31)27-8-5-23-15-30-22(21-38-41(30)26-9-6-24(35)7-10-26)17-34(23,20-27)32(43)29-16-25(36)11-13-37-29/h6-7,9-16,21,27-28H,4-5,8,17-20H2,1-3H3/t27-,28?,33?,34-,46?/m0/s1. The Bertz CT molecular complexity index is 1960. The van der Waals surface area contributed by atoms with Gasteiger partial charge in [0.25, 0.3) is 0 Å². The van der Waals surface area contributed by atoms with Crippen molar-refractivity contribution < 1.29 is 22.5 Å². The van der Waals surface area contributed by atoms with Gasteiger partial charge in [0.15, 0.2) is 10.8 Å². The first-order valence-corrected chi connectivity index (χ1v) is 17.0. The maximum atomic E-state index is 14.8. The summed E-state index contributed by atoms with van der Waals surface area (Å²) in [5, 5.41) is 9.50. The molecule has 0 radical (unpaired) electrons. The molecule has 12 heteroatoms. The molecule has 46 heavy (non-hydrogen) atoms. The van der Waals surface area contributed by atoms with E-state index in [9.17, 15) is 17.8 Å². The summed E-state index contributed by atoms with van der Waals surface area (Å²) in [6, 6.07) is 9.82. The number of Topliss-reactive ketones (excluding diaryl/α,β-unsaturated/α-hetero) is 1. The van der Waals surface area contributed by atoms with Crippen LogP contribution in [0.3, 0.4) is 0 Å². The van der Waals surface area contributed by atoms with Crippen LogP contribution < -0.4 is 0 Å². The van der Waals surface area contributed by atoms with Crippen LogP contribution in [-0.4, -0.2) is 69.5 Å². The molecule has 1 unspecified atom stereocenters. The zero-order chi connectivity index (χ0) is 32.4. The molecule has 3 aromatic heterocycles. The van der Waals surface area contributed by atoms with E-state index in [1.807, 2.05) is 17.3 Å². The fourth-order valence-corrected chi connectivity index (χ4v) is 9.64. The van der Waals surface area contributed by atoms with Gasteiger partial charge in [-0.05, 0) is 99.4 Å². The zero-order valence-corrected chi connectivity index (χ0v) is 26.8. The quantitative estimate of drug-likeness (QED) is 0.193. The van der Waals surface area contributed by atoms with E-state index in [1.54, 1.807) is 54.1 Å². The molecular formula is C34H36F2N6O3S. The van der Waals surface area contributed by atoms with Gasteiger partial charge < -0.3 is 4.74 Å². The van der Waals surface area contributed by atoms with Crippen LogP contribution in [0.25, 0.3) is 11.8 Å². The van der Waals surface area contributed by atoms with E-state index in [0.717, 1.165) is 16.8 Å². The topological polar surface area (TPSA) is 95.1 Å². The monoisotopic (exact) mass is 646 g/mol. The summed E-state index contributed by atoms with van der Waals surface area (Å²) < 4.78 is 54.1. The van der Waals surface area contributed by atoms with Gasteiger partial charge in [0.1, 0.15) is 17.3 Å². The van der Waals surface area contributed by atoms with Crippen molar-refractivity contribution in [2.45, 2.75) is 68.2 Å². The van der Waals surface area contributed by atoms with Crippen molar-refractivity contribution in [3.8, 4) is 5.69 Å². The van der Waals surface area contributed by atoms with Crippen LogP contribution in [0, 0.1) is 17.0 Å². The first-order chi connectivity index (χ1) is 21.9. The molecule has 3 aliphatic carbocycles. The average Bonchev–Trinajstić information content (AvgIpc) is 3.65. The van der Waals surface area contributed by atoms with Crippen LogP contribution in [-0.2, 0) is 27.9 Å². The number of pyridine rings is 1. The average molecular weight is 647 g/mol. The van der Waals surface area contributed by atoms with Crippen molar-refractivity contribution in [3.05, 3.63) is 95.2 Å². The number of hydrogen-bond donors (Lipinski definition) is 0. The van der Waals surface area contributed by atoms with E-state index in [-0.39, 0.29) is 35.0 Å². The fourth-order valence-electron chi connectivity index (χ4n) is 7.60. The molecule has 4 aromatic rings. The minimum atomic E-state index is -3.06. The number of halogens is 2. The number of carbonyl (C=O) groups is 1. The minimum absolute atomic E-state index is 0.0446. The van der Waals surface area contributed by atoms with Crippen LogP contribution in [0.5, 0.6) is 0 Å². The van der Waals surface area contributed by atoms with Gasteiger partial charge in [-0.1, -0.05) is 5.57 Å². The molecule has 9 nitrogen and oxygen atoms in total. The lowest BCUT2D eigenvalue weighted by atomic mass is 9.60. The number of fused-ring (bicyclic) bond motifs is 2. The van der Waals surface area contributed by atoms with E-state index in [0.29, 0.717) is 49.2 Å². The molecule has 240 valence electrons. The molecule has 3 heterocycles. The molecule has 0 aliphatic heterocycles. The van der Waals surface area contributed by atoms with Gasteiger partial charge in [-0.3, -0.25) is 14.5 Å². The van der Waals surface area contributed by atoms with E-state index in [2.05, 4.69) is 21.1 Å². The van der Waals surface area contributed by atoms with Crippen LogP contribution in [0.4, 0.5) is 8.78 Å². The molecule has 0 N–H and O–H groups in total. The molecule has 1 aromatic carbocycles. The zero-order valence-electron chi connectivity index (χ0n) is 26.0. The number of nitrogens with zero attached hydrogens (tertiary/aromatic N) is 6. The number of ketones is 1. The second-order valence-corrected chi connectivity index (χ2v) is 15.1. The number of carbonyl (C=O) groups excluding carboxylic acids is 1. The van der Waals surface area contributed by atoms with Crippen LogP contribution >= 0.6 is 0 Å². The minimum Gasteiger partial charge on any atom is -0.378 e. The third-order valence-electron chi connectivity index (χ3n) is 10.00. The fraction of sp³-hybridized carbons (Fsp3) is 0.382. The highest BCUT2D eigenvalue weighted by Gasteiger charge is 2.54. The Kier molecular flexibility index (Phi) is 7.37. The first kappa shape index (κ1) is 30.6. The maximum absolute atomic E-state index is 14.8. The Hall–Kier alpha value is -4.00. The molecule has 0 spiro atoms. The molecule has 0 saturated heterocycles. The predicted molar refractivity (Wildman–Crippen MR) is 171 cm³/mol. The number of benzene rings is 1. The Labute approximate surface area is 267 Å². The van der Waals surface area contributed by atoms with E-state index >= 15 is 0 Å². The van der Waals surface area contributed by atoms with Gasteiger partial charge in [0, 0.05) is 44.7 Å². The second kappa shape index (κ2) is 11.1. The lowest BCUT2D eigenvalue weighted by Crippen LogP contribution is -2.61. The second-order valence-electron chi connectivity index (χ2n) is 13.0. The molecule has 3 aliphatic rings. The van der Waals surface area contributed by atoms with Gasteiger partial charge in [0.2, 0.25) is 0 Å². The van der Waals surface area contributed by atoms with Crippen molar-refractivity contribution in [3.63, 3.8) is 0 Å². The molecule has 2 fully saturated rings. The lowest BCUT2D eigenvalue weighted by Gasteiger charge is -2.54. The van der Waals surface area contributed by atoms with Crippen molar-refractivity contribution in [2.75, 3.05) is 7.11 Å². The summed E-state index contributed by atoms with van der Waals surface area (Å²) in [4.78, 5) is 18.9.